The minimum Gasteiger partial charge on any atom is -0.394 e. The molecule has 1 amide bonds. The summed E-state index contributed by atoms with van der Waals surface area (Å²) < 4.78 is 33.8. The average molecular weight is 694 g/mol. The van der Waals surface area contributed by atoms with Crippen LogP contribution in [0.4, 0.5) is 0 Å². The quantitative estimate of drug-likeness (QED) is 0.0803. The lowest BCUT2D eigenvalue weighted by Crippen LogP contribution is -2.67. The lowest BCUT2D eigenvalue weighted by atomic mass is 9.95. The zero-order valence-electron chi connectivity index (χ0n) is 25.5. The molecule has 0 saturated carbocycles. The molecule has 3 fully saturated rings. The number of amides is 1. The summed E-state index contributed by atoms with van der Waals surface area (Å²) in [7, 11) is 0. The molecule has 47 heavy (non-hydrogen) atoms. The third-order valence-electron chi connectivity index (χ3n) is 8.23. The summed E-state index contributed by atoms with van der Waals surface area (Å²) in [4.78, 5) is 11.8. The van der Waals surface area contributed by atoms with Crippen LogP contribution in [-0.4, -0.2) is 215 Å². The van der Waals surface area contributed by atoms with Gasteiger partial charge in [0.1, 0.15) is 85.5 Å². The molecule has 276 valence electrons. The van der Waals surface area contributed by atoms with Gasteiger partial charge in [-0.05, 0) is 6.92 Å². The molecule has 0 aromatic rings. The Morgan fingerprint density at radius 1 is 0.681 bits per heavy atom. The molecule has 3 aliphatic rings. The van der Waals surface area contributed by atoms with Crippen molar-refractivity contribution in [3.05, 3.63) is 0 Å². The van der Waals surface area contributed by atoms with Crippen molar-refractivity contribution in [3.8, 4) is 0 Å². The fourth-order valence-corrected chi connectivity index (χ4v) is 5.47. The minimum atomic E-state index is -2.05. The van der Waals surface area contributed by atoms with Crippen molar-refractivity contribution in [1.29, 1.82) is 0 Å². The van der Waals surface area contributed by atoms with E-state index in [1.54, 1.807) is 0 Å². The first-order valence-electron chi connectivity index (χ1n) is 14.9. The Kier molecular flexibility index (Phi) is 15.0. The van der Waals surface area contributed by atoms with Crippen LogP contribution in [0, 0.1) is 0 Å². The van der Waals surface area contributed by atoms with E-state index in [-0.39, 0.29) is 0 Å². The van der Waals surface area contributed by atoms with Gasteiger partial charge in [0.05, 0.1) is 38.6 Å². The van der Waals surface area contributed by atoms with Crippen molar-refractivity contribution >= 4 is 5.91 Å². The predicted octanol–water partition coefficient (Wildman–Crippen LogP) is -8.94. The molecular formula is C26H47NO20. The van der Waals surface area contributed by atoms with Gasteiger partial charge >= 0.3 is 0 Å². The van der Waals surface area contributed by atoms with E-state index in [0.717, 1.165) is 6.92 Å². The van der Waals surface area contributed by atoms with E-state index in [4.69, 9.17) is 28.4 Å². The van der Waals surface area contributed by atoms with Crippen LogP contribution in [-0.2, 0) is 33.2 Å². The van der Waals surface area contributed by atoms with Gasteiger partial charge in [-0.1, -0.05) is 0 Å². The van der Waals surface area contributed by atoms with Gasteiger partial charge in [0.2, 0.25) is 5.91 Å². The van der Waals surface area contributed by atoms with Crippen LogP contribution in [0.3, 0.4) is 0 Å². The van der Waals surface area contributed by atoms with Gasteiger partial charge < -0.3 is 100 Å². The van der Waals surface area contributed by atoms with E-state index in [2.05, 4.69) is 5.32 Å². The Balaban J connectivity index is 2.00. The second-order valence-corrected chi connectivity index (χ2v) is 11.6. The summed E-state index contributed by atoms with van der Waals surface area (Å²) in [6, 6.07) is -1.49. The van der Waals surface area contributed by atoms with E-state index in [9.17, 15) is 71.2 Å². The number of rotatable bonds is 14. The van der Waals surface area contributed by atoms with Crippen LogP contribution >= 0.6 is 0 Å². The van der Waals surface area contributed by atoms with Gasteiger partial charge in [0.15, 0.2) is 18.9 Å². The van der Waals surface area contributed by atoms with Crippen LogP contribution in [0.25, 0.3) is 0 Å². The molecule has 21 heteroatoms. The topological polar surface area (TPSA) is 347 Å². The Morgan fingerprint density at radius 2 is 1.21 bits per heavy atom. The zero-order chi connectivity index (χ0) is 35.3. The van der Waals surface area contributed by atoms with Gasteiger partial charge in [-0.2, -0.15) is 0 Å². The molecule has 3 heterocycles. The second kappa shape index (κ2) is 17.6. The molecule has 0 bridgehead atoms. The maximum absolute atomic E-state index is 11.8. The number of carbonyl (C=O) groups is 1. The number of ether oxygens (including phenoxy) is 6. The third-order valence-corrected chi connectivity index (χ3v) is 8.23. The summed E-state index contributed by atoms with van der Waals surface area (Å²) in [5.74, 6) is -0.720. The van der Waals surface area contributed by atoms with E-state index >= 15 is 0 Å². The summed E-state index contributed by atoms with van der Waals surface area (Å²) in [5.41, 5.74) is 0. The van der Waals surface area contributed by atoms with Gasteiger partial charge in [-0.15, -0.1) is 0 Å². The van der Waals surface area contributed by atoms with E-state index in [1.165, 1.54) is 6.92 Å². The highest BCUT2D eigenvalue weighted by molar-refractivity contribution is 5.73. The first kappa shape index (κ1) is 40.1. The number of hydrogen-bond donors (Lipinski definition) is 14. The number of aliphatic hydroxyl groups excluding tert-OH is 13. The van der Waals surface area contributed by atoms with Crippen molar-refractivity contribution in [2.24, 2.45) is 0 Å². The summed E-state index contributed by atoms with van der Waals surface area (Å²) in [5, 5.41) is 136. The standard InChI is InChI=1S/C26H47NO20/c1-7-13(34)16(37)18(39)24(42-7)47-23-20(41)22(46-25-19(40)17(38)15(36)11(5-30)43-25)12(6-31)44-26(23)45-21(14(35)10(33)4-29)9(3-28)27-8(2)32/h7,9-26,28-31,33-41H,3-6H2,1-2H3,(H,27,32)/t7-,9-,10+,11+,12+,13+,14-,15-,16+,17-,18-,19+,20-,21+,22-,23+,24-,25+,26-/m0/s1. The Hall–Kier alpha value is -1.29. The fraction of sp³-hybridized carbons (Fsp3) is 0.962. The normalized spacial score (nSPS) is 43.9. The van der Waals surface area contributed by atoms with Gasteiger partial charge in [-0.25, -0.2) is 0 Å². The highest BCUT2D eigenvalue weighted by Crippen LogP contribution is 2.34. The molecule has 3 rings (SSSR count). The molecule has 0 radical (unpaired) electrons. The molecule has 19 atom stereocenters. The maximum atomic E-state index is 11.8. The van der Waals surface area contributed by atoms with Gasteiger partial charge in [0.25, 0.3) is 0 Å². The van der Waals surface area contributed by atoms with Crippen molar-refractivity contribution in [2.45, 2.75) is 130 Å². The molecule has 14 N–H and O–H groups in total. The molecule has 0 aromatic heterocycles. The average Bonchev–Trinajstić information content (AvgIpc) is 3.05. The number of carbonyl (C=O) groups excluding carboxylic acids is 1. The molecule has 21 nitrogen and oxygen atoms in total. The molecular weight excluding hydrogens is 646 g/mol. The van der Waals surface area contributed by atoms with Gasteiger partial charge in [-0.3, -0.25) is 4.79 Å². The summed E-state index contributed by atoms with van der Waals surface area (Å²) in [6.45, 7) is -1.32. The minimum absolute atomic E-state index is 0.720. The van der Waals surface area contributed by atoms with Crippen LogP contribution in [0.5, 0.6) is 0 Å². The van der Waals surface area contributed by atoms with Crippen LogP contribution in [0.15, 0.2) is 0 Å². The zero-order valence-corrected chi connectivity index (χ0v) is 25.5. The summed E-state index contributed by atoms with van der Waals surface area (Å²) in [6.07, 6.45) is -32.3. The predicted molar refractivity (Wildman–Crippen MR) is 146 cm³/mol. The van der Waals surface area contributed by atoms with E-state index in [1.807, 2.05) is 0 Å². The third kappa shape index (κ3) is 9.09. The molecule has 0 unspecified atom stereocenters. The highest BCUT2D eigenvalue weighted by Gasteiger charge is 2.55. The summed E-state index contributed by atoms with van der Waals surface area (Å²) >= 11 is 0. The van der Waals surface area contributed by atoms with Crippen molar-refractivity contribution in [3.63, 3.8) is 0 Å². The smallest absolute Gasteiger partial charge is 0.217 e. The number of aliphatic hydroxyl groups is 13. The Morgan fingerprint density at radius 3 is 1.74 bits per heavy atom. The lowest BCUT2D eigenvalue weighted by molar-refractivity contribution is -0.392. The lowest BCUT2D eigenvalue weighted by Gasteiger charge is -2.49. The first-order chi connectivity index (χ1) is 22.1. The molecule has 0 spiro atoms. The van der Waals surface area contributed by atoms with E-state index < -0.39 is 149 Å². The van der Waals surface area contributed by atoms with Crippen LogP contribution in [0.2, 0.25) is 0 Å². The first-order valence-corrected chi connectivity index (χ1v) is 14.9. The molecule has 0 aliphatic carbocycles. The van der Waals surface area contributed by atoms with Crippen LogP contribution in [0.1, 0.15) is 13.8 Å². The Labute approximate surface area is 268 Å². The second-order valence-electron chi connectivity index (χ2n) is 11.6. The monoisotopic (exact) mass is 693 g/mol. The van der Waals surface area contributed by atoms with Crippen molar-refractivity contribution < 1.29 is 99.6 Å². The van der Waals surface area contributed by atoms with E-state index in [0.29, 0.717) is 0 Å². The van der Waals surface area contributed by atoms with Crippen molar-refractivity contribution in [2.75, 3.05) is 26.4 Å². The van der Waals surface area contributed by atoms with Gasteiger partial charge in [0, 0.05) is 6.92 Å². The largest absolute Gasteiger partial charge is 0.394 e. The maximum Gasteiger partial charge on any atom is 0.217 e. The highest BCUT2D eigenvalue weighted by atomic mass is 16.8. The molecule has 3 saturated heterocycles. The number of hydrogen-bond acceptors (Lipinski definition) is 20. The number of nitrogens with one attached hydrogen (secondary N) is 1. The SMILES string of the molecule is CC(=O)N[C@@H](CO)[C@@H](O[C@@H]1O[C@H](CO)[C@H](O[C@H]2O[C@H](CO)[C@H](O)[C@H](O)[C@H]2O)[C@H](O)[C@H]1O[C@@H]1O[C@@H](C)[C@@H](O)[C@@H](O)[C@@H]1O)[C@@H](O)[C@H](O)CO. The van der Waals surface area contributed by atoms with Crippen LogP contribution < -0.4 is 5.32 Å². The fourth-order valence-electron chi connectivity index (χ4n) is 5.47. The molecule has 3 aliphatic heterocycles. The van der Waals surface area contributed by atoms with Crippen molar-refractivity contribution in [1.82, 2.24) is 5.32 Å². The Bertz CT molecular complexity index is 965. The molecule has 0 aromatic carbocycles.